The maximum atomic E-state index is 12.0. The van der Waals surface area contributed by atoms with Gasteiger partial charge in [-0.15, -0.1) is 0 Å². The van der Waals surface area contributed by atoms with Gasteiger partial charge < -0.3 is 14.9 Å². The first-order valence-corrected chi connectivity index (χ1v) is 7.37. The molecule has 1 aromatic rings. The molecule has 114 valence electrons. The van der Waals surface area contributed by atoms with Crippen LogP contribution in [0.3, 0.4) is 0 Å². The number of carboxylic acid groups (broad SMARTS) is 1. The predicted molar refractivity (Wildman–Crippen MR) is 81.5 cm³/mol. The van der Waals surface area contributed by atoms with Gasteiger partial charge in [-0.05, 0) is 25.5 Å². The van der Waals surface area contributed by atoms with Crippen LogP contribution in [0.5, 0.6) is 0 Å². The van der Waals surface area contributed by atoms with E-state index in [2.05, 4.69) is 36.1 Å². The quantitative estimate of drug-likeness (QED) is 0.899. The molecule has 0 aliphatic carbocycles. The molecular weight excluding hydrogens is 268 g/mol. The normalized spacial score (nSPS) is 15.1. The van der Waals surface area contributed by atoms with Crippen LogP contribution in [0.2, 0.25) is 0 Å². The van der Waals surface area contributed by atoms with Crippen LogP contribution in [0, 0.1) is 6.92 Å². The van der Waals surface area contributed by atoms with E-state index in [1.165, 1.54) is 11.3 Å². The molecule has 1 aliphatic heterocycles. The van der Waals surface area contributed by atoms with E-state index in [1.54, 1.807) is 0 Å². The number of nitrogens with zero attached hydrogens (tertiary/aromatic N) is 2. The Morgan fingerprint density at radius 2 is 1.67 bits per heavy atom. The molecule has 1 heterocycles. The minimum absolute atomic E-state index is 0.0646. The molecule has 1 N–H and O–H groups in total. The van der Waals surface area contributed by atoms with Crippen LogP contribution in [0.15, 0.2) is 24.3 Å². The van der Waals surface area contributed by atoms with Crippen LogP contribution in [0.4, 0.5) is 5.69 Å². The van der Waals surface area contributed by atoms with Crippen LogP contribution in [0.25, 0.3) is 0 Å². The van der Waals surface area contributed by atoms with E-state index in [4.69, 9.17) is 5.11 Å². The second-order valence-electron chi connectivity index (χ2n) is 5.45. The molecule has 0 radical (unpaired) electrons. The Labute approximate surface area is 125 Å². The van der Waals surface area contributed by atoms with Crippen molar-refractivity contribution >= 4 is 17.6 Å². The summed E-state index contributed by atoms with van der Waals surface area (Å²) in [6, 6.07) is 8.41. The fraction of sp³-hybridized carbons (Fsp3) is 0.500. The molecule has 0 aromatic heterocycles. The molecule has 1 amide bonds. The summed E-state index contributed by atoms with van der Waals surface area (Å²) in [6.07, 6.45) is 0.818. The van der Waals surface area contributed by atoms with Gasteiger partial charge in [-0.1, -0.05) is 17.7 Å². The smallest absolute Gasteiger partial charge is 0.303 e. The minimum Gasteiger partial charge on any atom is -0.481 e. The first-order chi connectivity index (χ1) is 10.1. The summed E-state index contributed by atoms with van der Waals surface area (Å²) in [5, 5.41) is 8.59. The second kappa shape index (κ2) is 7.11. The summed E-state index contributed by atoms with van der Waals surface area (Å²) < 4.78 is 0. The first-order valence-electron chi connectivity index (χ1n) is 7.37. The van der Waals surface area contributed by atoms with Gasteiger partial charge in [0.2, 0.25) is 5.91 Å². The molecule has 1 aromatic carbocycles. The van der Waals surface area contributed by atoms with Crippen molar-refractivity contribution in [2.45, 2.75) is 26.2 Å². The van der Waals surface area contributed by atoms with E-state index in [1.807, 2.05) is 4.90 Å². The average Bonchev–Trinajstić information content (AvgIpc) is 2.48. The highest BCUT2D eigenvalue weighted by molar-refractivity contribution is 5.77. The molecule has 0 spiro atoms. The van der Waals surface area contributed by atoms with E-state index < -0.39 is 5.97 Å². The van der Waals surface area contributed by atoms with Crippen molar-refractivity contribution in [3.05, 3.63) is 29.8 Å². The second-order valence-corrected chi connectivity index (χ2v) is 5.45. The third-order valence-electron chi connectivity index (χ3n) is 3.81. The Kier molecular flexibility index (Phi) is 5.20. The molecule has 5 heteroatoms. The fourth-order valence-electron chi connectivity index (χ4n) is 2.52. The third kappa shape index (κ3) is 4.48. The lowest BCUT2D eigenvalue weighted by Crippen LogP contribution is -2.48. The van der Waals surface area contributed by atoms with Gasteiger partial charge in [0.05, 0.1) is 0 Å². The number of carbonyl (C=O) groups excluding carboxylic acids is 1. The number of carbonyl (C=O) groups is 2. The third-order valence-corrected chi connectivity index (χ3v) is 3.81. The van der Waals surface area contributed by atoms with Gasteiger partial charge >= 0.3 is 5.97 Å². The molecule has 2 rings (SSSR count). The van der Waals surface area contributed by atoms with Crippen molar-refractivity contribution in [3.8, 4) is 0 Å². The molecule has 0 bridgehead atoms. The number of carboxylic acids is 1. The standard InChI is InChI=1S/C16H22N2O3/c1-13-5-7-14(8-6-13)17-9-11-18(12-10-17)15(19)3-2-4-16(20)21/h5-8H,2-4,9-12H2,1H3,(H,20,21). The Balaban J connectivity index is 1.78. The number of rotatable bonds is 5. The number of hydrogen-bond acceptors (Lipinski definition) is 3. The zero-order valence-electron chi connectivity index (χ0n) is 12.4. The summed E-state index contributed by atoms with van der Waals surface area (Å²) in [5.74, 6) is -0.771. The number of hydrogen-bond donors (Lipinski definition) is 1. The molecule has 0 atom stereocenters. The van der Waals surface area contributed by atoms with Crippen molar-refractivity contribution in [2.24, 2.45) is 0 Å². The van der Waals surface area contributed by atoms with Gasteiger partial charge in [-0.25, -0.2) is 0 Å². The van der Waals surface area contributed by atoms with E-state index in [-0.39, 0.29) is 12.3 Å². The van der Waals surface area contributed by atoms with E-state index in [0.29, 0.717) is 25.9 Å². The maximum absolute atomic E-state index is 12.0. The maximum Gasteiger partial charge on any atom is 0.303 e. The number of amides is 1. The van der Waals surface area contributed by atoms with Gasteiger partial charge in [-0.3, -0.25) is 9.59 Å². The zero-order chi connectivity index (χ0) is 15.2. The van der Waals surface area contributed by atoms with Crippen molar-refractivity contribution in [2.75, 3.05) is 31.1 Å². The minimum atomic E-state index is -0.841. The lowest BCUT2D eigenvalue weighted by Gasteiger charge is -2.36. The van der Waals surface area contributed by atoms with Crippen molar-refractivity contribution < 1.29 is 14.7 Å². The van der Waals surface area contributed by atoms with Crippen molar-refractivity contribution in [3.63, 3.8) is 0 Å². The Morgan fingerprint density at radius 3 is 2.24 bits per heavy atom. The van der Waals surface area contributed by atoms with E-state index >= 15 is 0 Å². The van der Waals surface area contributed by atoms with Gasteiger partial charge in [0.25, 0.3) is 0 Å². The fourth-order valence-corrected chi connectivity index (χ4v) is 2.52. The van der Waals surface area contributed by atoms with Crippen molar-refractivity contribution in [1.82, 2.24) is 4.90 Å². The number of piperazine rings is 1. The lowest BCUT2D eigenvalue weighted by atomic mass is 10.2. The summed E-state index contributed by atoms with van der Waals surface area (Å²) in [6.45, 7) is 5.14. The number of benzene rings is 1. The van der Waals surface area contributed by atoms with Gasteiger partial charge in [0, 0.05) is 44.7 Å². The first kappa shape index (κ1) is 15.4. The summed E-state index contributed by atoms with van der Waals surface area (Å²) in [7, 11) is 0. The van der Waals surface area contributed by atoms with E-state index in [0.717, 1.165) is 13.1 Å². The topological polar surface area (TPSA) is 60.9 Å². The summed E-state index contributed by atoms with van der Waals surface area (Å²) >= 11 is 0. The average molecular weight is 290 g/mol. The van der Waals surface area contributed by atoms with Gasteiger partial charge in [0.15, 0.2) is 0 Å². The van der Waals surface area contributed by atoms with Crippen LogP contribution in [-0.4, -0.2) is 48.1 Å². The highest BCUT2D eigenvalue weighted by Crippen LogP contribution is 2.17. The summed E-state index contributed by atoms with van der Waals surface area (Å²) in [5.41, 5.74) is 2.43. The number of aliphatic carboxylic acids is 1. The van der Waals surface area contributed by atoms with Crippen LogP contribution in [0.1, 0.15) is 24.8 Å². The number of anilines is 1. The lowest BCUT2D eigenvalue weighted by molar-refractivity contribution is -0.137. The van der Waals surface area contributed by atoms with Crippen molar-refractivity contribution in [1.29, 1.82) is 0 Å². The largest absolute Gasteiger partial charge is 0.481 e. The molecular formula is C16H22N2O3. The number of aryl methyl sites for hydroxylation is 1. The van der Waals surface area contributed by atoms with Crippen LogP contribution < -0.4 is 4.90 Å². The molecule has 0 saturated carbocycles. The zero-order valence-corrected chi connectivity index (χ0v) is 12.4. The van der Waals surface area contributed by atoms with Crippen LogP contribution in [-0.2, 0) is 9.59 Å². The molecule has 1 fully saturated rings. The monoisotopic (exact) mass is 290 g/mol. The Bertz CT molecular complexity index is 491. The Morgan fingerprint density at radius 1 is 1.05 bits per heavy atom. The molecule has 5 nitrogen and oxygen atoms in total. The van der Waals surface area contributed by atoms with Crippen LogP contribution >= 0.6 is 0 Å². The highest BCUT2D eigenvalue weighted by Gasteiger charge is 2.20. The highest BCUT2D eigenvalue weighted by atomic mass is 16.4. The molecule has 1 saturated heterocycles. The van der Waals surface area contributed by atoms with Gasteiger partial charge in [-0.2, -0.15) is 0 Å². The molecule has 21 heavy (non-hydrogen) atoms. The molecule has 1 aliphatic rings. The molecule has 0 unspecified atom stereocenters. The predicted octanol–water partition coefficient (Wildman–Crippen LogP) is 1.90. The van der Waals surface area contributed by atoms with Gasteiger partial charge in [0.1, 0.15) is 0 Å². The Hall–Kier alpha value is -2.04. The SMILES string of the molecule is Cc1ccc(N2CCN(C(=O)CCCC(=O)O)CC2)cc1. The summed E-state index contributed by atoms with van der Waals surface area (Å²) in [4.78, 5) is 26.5. The van der Waals surface area contributed by atoms with E-state index in [9.17, 15) is 9.59 Å².